The maximum Gasteiger partial charge on any atom is 0.252 e. The van der Waals surface area contributed by atoms with Crippen molar-refractivity contribution in [2.75, 3.05) is 9.80 Å². The molecular weight excluding hydrogens is 1280 g/mol. The van der Waals surface area contributed by atoms with Crippen LogP contribution < -0.4 is 26.2 Å². The quantitative estimate of drug-likeness (QED) is 0.149. The summed E-state index contributed by atoms with van der Waals surface area (Å²) in [5.74, 6) is 0. The second-order valence-electron chi connectivity index (χ2n) is 34.0. The van der Waals surface area contributed by atoms with E-state index < -0.39 is 43.0 Å². The number of aromatic nitrogens is 1. The summed E-state index contributed by atoms with van der Waals surface area (Å²) in [5.41, 5.74) is 23.2. The maximum atomic E-state index is 10.2. The Morgan fingerprint density at radius 2 is 0.856 bits per heavy atom. The zero-order valence-electron chi connectivity index (χ0n) is 69.9. The third kappa shape index (κ3) is 10.7. The molecule has 2 aliphatic rings. The van der Waals surface area contributed by atoms with Gasteiger partial charge in [0.1, 0.15) is 11.2 Å². The van der Waals surface area contributed by atoms with Crippen LogP contribution in [-0.2, 0) is 27.1 Å². The number of furan rings is 1. The van der Waals surface area contributed by atoms with Crippen LogP contribution in [0.4, 0.5) is 34.1 Å². The summed E-state index contributed by atoms with van der Waals surface area (Å²) >= 11 is 1.76. The summed E-state index contributed by atoms with van der Waals surface area (Å²) in [7, 11) is 0. The number of para-hydroxylation sites is 3. The molecule has 0 fully saturated rings. The van der Waals surface area contributed by atoms with Crippen molar-refractivity contribution in [2.24, 2.45) is 0 Å². The zero-order chi connectivity index (χ0) is 78.8. The summed E-state index contributed by atoms with van der Waals surface area (Å²) in [4.78, 5) is 4.90. The first-order valence-electron chi connectivity index (χ1n) is 40.5. The van der Waals surface area contributed by atoms with Crippen molar-refractivity contribution >= 4 is 132 Å². The molecule has 4 nitrogen and oxygen atoms in total. The van der Waals surface area contributed by atoms with E-state index in [2.05, 4.69) is 314 Å². The molecule has 16 aromatic rings. The minimum absolute atomic E-state index is 0.00582. The van der Waals surface area contributed by atoms with Gasteiger partial charge in [0.25, 0.3) is 6.71 Å². The molecule has 510 valence electrons. The fourth-order valence-electron chi connectivity index (χ4n) is 16.2. The van der Waals surface area contributed by atoms with E-state index >= 15 is 0 Å². The molecule has 6 heteroatoms. The molecule has 0 spiro atoms. The van der Waals surface area contributed by atoms with E-state index in [4.69, 9.17) is 4.42 Å². The molecule has 104 heavy (non-hydrogen) atoms. The van der Waals surface area contributed by atoms with Crippen molar-refractivity contribution in [3.63, 3.8) is 0 Å². The highest BCUT2D eigenvalue weighted by Gasteiger charge is 2.46. The van der Waals surface area contributed by atoms with Crippen LogP contribution in [0.3, 0.4) is 0 Å². The van der Waals surface area contributed by atoms with Gasteiger partial charge in [0.05, 0.1) is 44.4 Å². The van der Waals surface area contributed by atoms with Gasteiger partial charge in [0.2, 0.25) is 0 Å². The summed E-state index contributed by atoms with van der Waals surface area (Å²) in [5, 5.41) is 3.89. The lowest BCUT2D eigenvalue weighted by atomic mass is 9.33. The first-order valence-corrected chi connectivity index (χ1v) is 37.3. The van der Waals surface area contributed by atoms with Crippen LogP contribution >= 0.6 is 11.3 Å². The van der Waals surface area contributed by atoms with Gasteiger partial charge in [-0.25, -0.2) is 0 Å². The molecule has 0 radical (unpaired) electrons. The molecule has 0 unspecified atom stereocenters. The van der Waals surface area contributed by atoms with Gasteiger partial charge in [0.15, 0.2) is 0 Å². The van der Waals surface area contributed by atoms with Crippen molar-refractivity contribution in [3.8, 4) is 50.2 Å². The Hall–Kier alpha value is -10.7. The van der Waals surface area contributed by atoms with Crippen LogP contribution in [0.15, 0.2) is 265 Å². The Morgan fingerprint density at radius 3 is 1.47 bits per heavy atom. The van der Waals surface area contributed by atoms with Crippen LogP contribution in [0, 0.1) is 0 Å². The average molecular weight is 1370 g/mol. The fourth-order valence-corrected chi connectivity index (χ4v) is 17.4. The van der Waals surface area contributed by atoms with Crippen molar-refractivity contribution in [2.45, 2.75) is 131 Å². The second-order valence-corrected chi connectivity index (χ2v) is 35.1. The van der Waals surface area contributed by atoms with Crippen LogP contribution in [0.5, 0.6) is 0 Å². The minimum Gasteiger partial charge on any atom is -0.456 e. The molecule has 0 saturated heterocycles. The second kappa shape index (κ2) is 23.4. The van der Waals surface area contributed by atoms with Crippen LogP contribution in [-0.4, -0.2) is 11.3 Å². The minimum atomic E-state index is -0.529. The van der Waals surface area contributed by atoms with Gasteiger partial charge in [-0.05, 0) is 183 Å². The van der Waals surface area contributed by atoms with Gasteiger partial charge in [-0.1, -0.05) is 292 Å². The highest BCUT2D eigenvalue weighted by atomic mass is 32.1. The van der Waals surface area contributed by atoms with E-state index in [1.54, 1.807) is 15.9 Å². The molecule has 0 saturated carbocycles. The van der Waals surface area contributed by atoms with E-state index in [9.17, 15) is 11.0 Å². The predicted molar refractivity (Wildman–Crippen MR) is 450 cm³/mol. The smallest absolute Gasteiger partial charge is 0.252 e. The van der Waals surface area contributed by atoms with Crippen molar-refractivity contribution in [1.82, 2.24) is 4.57 Å². The first kappa shape index (κ1) is 56.8. The van der Waals surface area contributed by atoms with Gasteiger partial charge in [-0.3, -0.25) is 0 Å². The van der Waals surface area contributed by atoms with Crippen LogP contribution in [0.2, 0.25) is 0 Å². The van der Waals surface area contributed by atoms with Crippen LogP contribution in [0.25, 0.3) is 114 Å². The Bertz CT molecular complexity index is 6570. The molecule has 0 N–H and O–H groups in total. The third-order valence-corrected chi connectivity index (χ3v) is 23.1. The Labute approximate surface area is 628 Å². The number of thiophene rings is 1. The molecule has 18 rings (SSSR count). The van der Waals surface area contributed by atoms with E-state index in [-0.39, 0.29) is 61.0 Å². The first-order chi connectivity index (χ1) is 53.0. The lowest BCUT2D eigenvalue weighted by molar-refractivity contribution is 0.568. The maximum absolute atomic E-state index is 10.2. The molecule has 0 atom stereocenters. The lowest BCUT2D eigenvalue weighted by Gasteiger charge is -2.45. The Kier molecular flexibility index (Phi) is 12.8. The number of benzene rings is 13. The average Bonchev–Trinajstić information content (AvgIpc) is 1.34. The van der Waals surface area contributed by atoms with Gasteiger partial charge in [-0.2, -0.15) is 0 Å². The van der Waals surface area contributed by atoms with Crippen LogP contribution in [0.1, 0.15) is 143 Å². The third-order valence-electron chi connectivity index (χ3n) is 21.9. The van der Waals surface area contributed by atoms with Gasteiger partial charge >= 0.3 is 0 Å². The summed E-state index contributed by atoms with van der Waals surface area (Å²) < 4.78 is 88.8. The van der Waals surface area contributed by atoms with Crippen molar-refractivity contribution in [3.05, 3.63) is 288 Å². The number of fused-ring (bicyclic) bond motifs is 13. The highest BCUT2D eigenvalue weighted by Crippen LogP contribution is 2.55. The number of nitrogens with zero attached hydrogens (tertiary/aromatic N) is 3. The summed E-state index contributed by atoms with van der Waals surface area (Å²) in [6, 6.07) is 74.4. The van der Waals surface area contributed by atoms with Gasteiger partial charge < -0.3 is 18.8 Å². The van der Waals surface area contributed by atoms with Crippen molar-refractivity contribution in [1.29, 1.82) is 0 Å². The monoisotopic (exact) mass is 1370 g/mol. The predicted octanol–water partition coefficient (Wildman–Crippen LogP) is 26.3. The molecule has 0 bridgehead atoms. The standard InChI is InChI=1S/C98H88BN3OS/c1-94(2,3)66-41-37-60(38-42-66)72-43-46-87-91(75-31-21-25-35-86(75)103-87)93(72)102-81-45-40-61(63-47-67(95(4,5)6)55-68(48-63)96(7,8)9)51-78(81)99-77-44-39-62(64-49-69(97(10,11)12)56-70(50-64)98(13,14)15)52-82(77)101(83-53-65(59-27-17-16-18-28-59)54-89-90(83)76-32-22-26-36-88(76)104-89)84-57-71(58-85(102)92(84)99)100-79-33-23-19-29-73(79)74-30-20-24-34-80(74)100/h16-58H,1-15H3/i19D,20D,23D,24D,29D,30D,33D,34D. The normalized spacial score (nSPS) is 14.5. The molecule has 0 aliphatic carbocycles. The van der Waals surface area contributed by atoms with Gasteiger partial charge in [-0.15, -0.1) is 11.3 Å². The Morgan fingerprint density at radius 1 is 0.337 bits per heavy atom. The van der Waals surface area contributed by atoms with Gasteiger partial charge in [0, 0.05) is 64.6 Å². The fraction of sp³-hybridized carbons (Fsp3) is 0.204. The summed E-state index contributed by atoms with van der Waals surface area (Å²) in [6.45, 7) is 33.6. The Balaban J connectivity index is 1.08. The molecular formula is C98H88BN3OS. The number of hydrogen-bond acceptors (Lipinski definition) is 4. The molecule has 3 aromatic heterocycles. The number of anilines is 6. The summed E-state index contributed by atoms with van der Waals surface area (Å²) in [6.07, 6.45) is 0. The van der Waals surface area contributed by atoms with E-state index in [1.165, 1.54) is 27.8 Å². The zero-order valence-corrected chi connectivity index (χ0v) is 62.8. The largest absolute Gasteiger partial charge is 0.456 e. The lowest BCUT2D eigenvalue weighted by Crippen LogP contribution is -2.61. The SMILES string of the molecule is [2H]c1c([2H])c([2H])c2c(c1[2H])c1c([2H])c([2H])c([2H])c([2H])c1n2-c1cc2c3c(c1)N(c1cc(-c4ccccc4)cc4sc5ccccc5c14)c1cc(-c4cc(C(C)(C)C)cc(C(C)(C)C)c4)ccc1B3c1cc(-c3cc(C(C)(C)C)cc(C(C)(C)C)c3)ccc1N2c1c(-c2ccc(C(C)(C)C)cc2)ccc2oc3ccccc3c12. The molecule has 2 aliphatic heterocycles. The molecule has 13 aromatic carbocycles. The van der Waals surface area contributed by atoms with E-state index in [0.717, 1.165) is 126 Å². The van der Waals surface area contributed by atoms with Crippen molar-refractivity contribution < 1.29 is 15.4 Å². The topological polar surface area (TPSA) is 24.6 Å². The number of rotatable bonds is 7. The highest BCUT2D eigenvalue weighted by molar-refractivity contribution is 7.26. The van der Waals surface area contributed by atoms with E-state index in [1.807, 2.05) is 12.1 Å². The molecule has 0 amide bonds. The number of hydrogen-bond donors (Lipinski definition) is 0. The molecule has 5 heterocycles. The van der Waals surface area contributed by atoms with E-state index in [0.29, 0.717) is 16.9 Å².